The van der Waals surface area contributed by atoms with Crippen molar-refractivity contribution in [2.24, 2.45) is 5.10 Å². The van der Waals surface area contributed by atoms with Gasteiger partial charge in [-0.1, -0.05) is 16.9 Å². The number of methoxy groups -OCH3 is 2. The van der Waals surface area contributed by atoms with Crippen LogP contribution in [0, 0.1) is 0 Å². The summed E-state index contributed by atoms with van der Waals surface area (Å²) < 4.78 is 63.9. The lowest BCUT2D eigenvalue weighted by atomic mass is 10.1. The molecule has 232 valence electrons. The van der Waals surface area contributed by atoms with Crippen molar-refractivity contribution in [3.8, 4) is 11.5 Å². The van der Waals surface area contributed by atoms with Gasteiger partial charge in [0.25, 0.3) is 0 Å². The molecule has 2 aromatic carbocycles. The van der Waals surface area contributed by atoms with Crippen molar-refractivity contribution in [1.82, 2.24) is 9.68 Å². The Morgan fingerprint density at radius 3 is 1.83 bits per heavy atom. The molecule has 0 aliphatic rings. The highest BCUT2D eigenvalue weighted by Crippen LogP contribution is 2.52. The van der Waals surface area contributed by atoms with E-state index in [9.17, 15) is 13.9 Å². The maximum Gasteiger partial charge on any atom is 0.540 e. The van der Waals surface area contributed by atoms with Gasteiger partial charge in [-0.25, -0.2) is 0 Å². The maximum absolute atomic E-state index is 13.0. The third-order valence-corrected chi connectivity index (χ3v) is 11.5. The Morgan fingerprint density at radius 2 is 1.38 bits per heavy atom. The van der Waals surface area contributed by atoms with E-state index in [1.807, 2.05) is 24.3 Å². The first-order chi connectivity index (χ1) is 19.9. The molecule has 2 atom stereocenters. The molecule has 17 heteroatoms. The number of ether oxygens (including phenoxy) is 2. The number of hydrogen-bond donors (Lipinski definition) is 0. The van der Waals surface area contributed by atoms with Crippen molar-refractivity contribution in [3.05, 3.63) is 59.7 Å². The number of hydrazone groups is 1. The molecule has 13 nitrogen and oxygen atoms in total. The van der Waals surface area contributed by atoms with Gasteiger partial charge in [-0.15, -0.1) is 5.10 Å². The quantitative estimate of drug-likeness (QED) is 0.0908. The van der Waals surface area contributed by atoms with E-state index in [1.165, 1.54) is 40.4 Å². The molecule has 0 aliphatic carbocycles. The maximum atomic E-state index is 13.0. The summed E-state index contributed by atoms with van der Waals surface area (Å²) in [4.78, 5) is 14.3. The van der Waals surface area contributed by atoms with Crippen LogP contribution in [-0.2, 0) is 55.0 Å². The number of carbonyl (C=O) groups is 1. The zero-order chi connectivity index (χ0) is 31.3. The molecule has 0 N–H and O–H groups in total. The Balaban J connectivity index is 2.19. The van der Waals surface area contributed by atoms with Crippen molar-refractivity contribution >= 4 is 46.3 Å². The van der Waals surface area contributed by atoms with Gasteiger partial charge in [0.05, 0.1) is 27.5 Å². The monoisotopic (exact) mass is 664 g/mol. The zero-order valence-electron chi connectivity index (χ0n) is 24.6. The van der Waals surface area contributed by atoms with E-state index in [4.69, 9.17) is 43.9 Å². The number of rotatable bonds is 18. The summed E-state index contributed by atoms with van der Waals surface area (Å²) >= 11 is 5.50. The fraction of sp³-hybridized carbons (Fsp3) is 0.440. The minimum absolute atomic E-state index is 0.0997. The van der Waals surface area contributed by atoms with Crippen LogP contribution >= 0.6 is 22.3 Å². The van der Waals surface area contributed by atoms with E-state index < -0.39 is 34.3 Å². The Kier molecular flexibility index (Phi) is 14.7. The van der Waals surface area contributed by atoms with Gasteiger partial charge in [-0.2, -0.15) is 0 Å². The van der Waals surface area contributed by atoms with Crippen molar-refractivity contribution in [1.29, 1.82) is 0 Å². The fourth-order valence-corrected chi connectivity index (χ4v) is 6.85. The van der Waals surface area contributed by atoms with Crippen LogP contribution in [0.5, 0.6) is 11.5 Å². The van der Waals surface area contributed by atoms with E-state index in [1.54, 1.807) is 49.4 Å². The second-order valence-electron chi connectivity index (χ2n) is 8.55. The van der Waals surface area contributed by atoms with Gasteiger partial charge >= 0.3 is 28.2 Å². The number of hydrogen-bond acceptors (Lipinski definition) is 13. The van der Waals surface area contributed by atoms with E-state index in [0.717, 1.165) is 11.3 Å². The van der Waals surface area contributed by atoms with Crippen LogP contribution in [0.15, 0.2) is 53.6 Å². The van der Waals surface area contributed by atoms with Crippen LogP contribution in [0.2, 0.25) is 0 Å². The van der Waals surface area contributed by atoms with Crippen LogP contribution in [0.4, 0.5) is 0 Å². The van der Waals surface area contributed by atoms with Gasteiger partial charge in [0.15, 0.2) is 5.75 Å². The molecule has 0 bridgehead atoms. The molecule has 0 saturated carbocycles. The van der Waals surface area contributed by atoms with Gasteiger partial charge in [-0.05, 0) is 53.9 Å². The van der Waals surface area contributed by atoms with E-state index in [0.29, 0.717) is 11.3 Å². The number of esters is 1. The first kappa shape index (κ1) is 36.0. The zero-order valence-corrected chi connectivity index (χ0v) is 28.1. The lowest BCUT2D eigenvalue weighted by Gasteiger charge is -2.33. The first-order valence-electron chi connectivity index (χ1n) is 12.3. The molecule has 42 heavy (non-hydrogen) atoms. The Labute approximate surface area is 252 Å². The summed E-state index contributed by atoms with van der Waals surface area (Å²) in [6, 6.07) is 13.3. The van der Waals surface area contributed by atoms with E-state index in [2.05, 4.69) is 5.10 Å². The van der Waals surface area contributed by atoms with Crippen molar-refractivity contribution < 1.29 is 46.0 Å². The van der Waals surface area contributed by atoms with Gasteiger partial charge in [0.2, 0.25) is 11.8 Å². The minimum Gasteiger partial charge on any atom is -0.497 e. The highest BCUT2D eigenvalue weighted by Gasteiger charge is 2.39. The molecule has 2 aromatic rings. The van der Waals surface area contributed by atoms with Gasteiger partial charge in [0.1, 0.15) is 24.4 Å². The van der Waals surface area contributed by atoms with E-state index >= 15 is 0 Å². The van der Waals surface area contributed by atoms with Crippen LogP contribution in [0.3, 0.4) is 0 Å². The average molecular weight is 665 g/mol. The molecular weight excluding hydrogens is 627 g/mol. The second-order valence-corrected chi connectivity index (χ2v) is 15.2. The highest BCUT2D eigenvalue weighted by molar-refractivity contribution is 8.02. The van der Waals surface area contributed by atoms with Crippen LogP contribution in [0.25, 0.3) is 0 Å². The van der Waals surface area contributed by atoms with Crippen molar-refractivity contribution in [2.75, 3.05) is 62.3 Å². The largest absolute Gasteiger partial charge is 0.540 e. The number of carbonyl (C=O) groups excluding carboxylic acids is 1. The predicted molar refractivity (Wildman–Crippen MR) is 164 cm³/mol. The van der Waals surface area contributed by atoms with Crippen molar-refractivity contribution in [2.45, 2.75) is 12.5 Å². The third-order valence-electron chi connectivity index (χ3n) is 6.00. The topological polar surface area (TPSA) is 135 Å². The SMILES string of the molecule is COC(=O)C(Cc1ccc(O[P+](=S)N(C)/N=C/c2ccc(OC)cc2)cc1)N(CP(=O)(OC)OC)CP(=O)(OC)OC. The summed E-state index contributed by atoms with van der Waals surface area (Å²) in [7, 11) is 0.543. The molecule has 0 heterocycles. The van der Waals surface area contributed by atoms with Gasteiger partial charge in [0, 0.05) is 28.4 Å². The second kappa shape index (κ2) is 17.2. The lowest BCUT2D eigenvalue weighted by Crippen LogP contribution is -2.44. The van der Waals surface area contributed by atoms with Crippen LogP contribution < -0.4 is 9.26 Å². The van der Waals surface area contributed by atoms with E-state index in [-0.39, 0.29) is 19.0 Å². The molecule has 0 radical (unpaired) electrons. The first-order valence-corrected chi connectivity index (χ1v) is 18.0. The Bertz CT molecular complexity index is 1250. The molecule has 0 aliphatic heterocycles. The number of nitrogens with zero attached hydrogens (tertiary/aromatic N) is 3. The lowest BCUT2D eigenvalue weighted by molar-refractivity contribution is -0.146. The minimum atomic E-state index is -3.68. The predicted octanol–water partition coefficient (Wildman–Crippen LogP) is 5.09. The Hall–Kier alpha value is -2.24. The van der Waals surface area contributed by atoms with Crippen LogP contribution in [-0.4, -0.2) is 90.2 Å². The fourth-order valence-electron chi connectivity index (χ4n) is 3.51. The van der Waals surface area contributed by atoms with Crippen LogP contribution in [0.1, 0.15) is 11.1 Å². The summed E-state index contributed by atoms with van der Waals surface area (Å²) in [5.74, 6) is 0.598. The molecule has 0 aromatic heterocycles. The highest BCUT2D eigenvalue weighted by atomic mass is 32.4. The van der Waals surface area contributed by atoms with Crippen molar-refractivity contribution in [3.63, 3.8) is 0 Å². The third kappa shape index (κ3) is 10.8. The molecule has 0 amide bonds. The normalized spacial score (nSPS) is 13.2. The number of benzene rings is 2. The van der Waals surface area contributed by atoms with Gasteiger partial charge < -0.3 is 27.6 Å². The Morgan fingerprint density at radius 1 is 0.881 bits per heavy atom. The average Bonchev–Trinajstić information content (AvgIpc) is 3.02. The van der Waals surface area contributed by atoms with Gasteiger partial charge in [-0.3, -0.25) is 23.3 Å². The smallest absolute Gasteiger partial charge is 0.497 e. The molecule has 2 unspecified atom stereocenters. The summed E-state index contributed by atoms with van der Waals surface area (Å²) in [6.45, 7) is 0. The standard InChI is InChI=1S/C25H37N3O10P3S/c1-27(26-17-21-10-12-22(32-2)13-11-21)39(42)38-23-14-8-20(9-15-23)16-24(25(29)33-3)28(18-40(30,34-4)35-5)19-41(31,36-6)37-7/h8-15,17,24H,16,18-19H2,1-7H3/q+1/b26-17+. The molecule has 2 rings (SSSR count). The molecular formula is C25H37N3O10P3S+. The summed E-state index contributed by atoms with van der Waals surface area (Å²) in [5.41, 5.74) is 1.58. The molecule has 0 saturated heterocycles. The molecule has 0 spiro atoms. The summed E-state index contributed by atoms with van der Waals surface area (Å²) in [6.07, 6.45) is 1.02. The molecule has 0 fully saturated rings. The summed E-state index contributed by atoms with van der Waals surface area (Å²) in [5, 5.41) is 4.36.